The van der Waals surface area contributed by atoms with E-state index in [1.54, 1.807) is 23.3 Å². The van der Waals surface area contributed by atoms with E-state index in [2.05, 4.69) is 4.99 Å². The highest BCUT2D eigenvalue weighted by atomic mass is 32.2. The summed E-state index contributed by atoms with van der Waals surface area (Å²) in [6.45, 7) is 4.57. The zero-order valence-corrected chi connectivity index (χ0v) is 13.3. The summed E-state index contributed by atoms with van der Waals surface area (Å²) >= 11 is 1.38. The van der Waals surface area contributed by atoms with Gasteiger partial charge in [-0.2, -0.15) is 0 Å². The zero-order valence-electron chi connectivity index (χ0n) is 12.4. The predicted molar refractivity (Wildman–Crippen MR) is 89.9 cm³/mol. The Bertz CT molecular complexity index is 731. The Kier molecular flexibility index (Phi) is 4.15. The highest BCUT2D eigenvalue weighted by molar-refractivity contribution is 8.18. The number of rotatable bonds is 3. The van der Waals surface area contributed by atoms with Gasteiger partial charge in [-0.25, -0.2) is 4.99 Å². The second-order valence-electron chi connectivity index (χ2n) is 4.91. The fraction of sp³-hybridized carbons (Fsp3) is 0.176. The number of amidine groups is 1. The molecule has 4 nitrogen and oxygen atoms in total. The molecule has 0 saturated carbocycles. The van der Waals surface area contributed by atoms with Crippen LogP contribution in [0.3, 0.4) is 0 Å². The van der Waals surface area contributed by atoms with Gasteiger partial charge in [-0.15, -0.1) is 0 Å². The number of thioether (sulfide) groups is 1. The molecule has 3 rings (SSSR count). The molecule has 0 N–H and O–H groups in total. The smallest absolute Gasteiger partial charge is 0.266 e. The minimum absolute atomic E-state index is 0.0326. The number of furan rings is 1. The molecule has 0 atom stereocenters. The van der Waals surface area contributed by atoms with Crippen LogP contribution >= 0.6 is 11.8 Å². The molecule has 2 aromatic rings. The lowest BCUT2D eigenvalue weighted by Crippen LogP contribution is -2.28. The molecule has 2 heterocycles. The maximum absolute atomic E-state index is 12.4. The Morgan fingerprint density at radius 3 is 2.68 bits per heavy atom. The van der Waals surface area contributed by atoms with Crippen LogP contribution in [0.25, 0.3) is 6.08 Å². The first-order valence-electron chi connectivity index (χ1n) is 7.07. The topological polar surface area (TPSA) is 45.8 Å². The number of benzene rings is 1. The van der Waals surface area contributed by atoms with E-state index in [4.69, 9.17) is 4.42 Å². The van der Waals surface area contributed by atoms with Crippen molar-refractivity contribution in [2.45, 2.75) is 13.8 Å². The second-order valence-corrected chi connectivity index (χ2v) is 5.91. The van der Waals surface area contributed by atoms with Crippen molar-refractivity contribution in [1.29, 1.82) is 0 Å². The van der Waals surface area contributed by atoms with Crippen LogP contribution in [0.2, 0.25) is 0 Å². The van der Waals surface area contributed by atoms with Crippen LogP contribution in [0.15, 0.2) is 57.0 Å². The standard InChI is InChI=1S/C17H16N2O2S/c1-3-19-16(20)15(11-14-5-4-10-21-14)22-17(19)18-13-8-6-12(2)7-9-13/h4-11H,3H2,1-2H3/b15-11+,18-17?. The normalized spacial score (nSPS) is 18.6. The Hall–Kier alpha value is -2.27. The van der Waals surface area contributed by atoms with Crippen LogP contribution in [0, 0.1) is 6.92 Å². The molecule has 1 aromatic carbocycles. The molecule has 0 unspecified atom stereocenters. The van der Waals surface area contributed by atoms with Gasteiger partial charge in [0.2, 0.25) is 0 Å². The van der Waals surface area contributed by atoms with Gasteiger partial charge in [-0.05, 0) is 49.9 Å². The molecule has 1 aliphatic heterocycles. The molecule has 22 heavy (non-hydrogen) atoms. The third-order valence-corrected chi connectivity index (χ3v) is 4.29. The van der Waals surface area contributed by atoms with Crippen molar-refractivity contribution in [3.05, 3.63) is 58.9 Å². The molecule has 1 amide bonds. The van der Waals surface area contributed by atoms with E-state index < -0.39 is 0 Å². The molecular formula is C17H16N2O2S. The first-order chi connectivity index (χ1) is 10.7. The maximum atomic E-state index is 12.4. The average molecular weight is 312 g/mol. The van der Waals surface area contributed by atoms with Gasteiger partial charge in [0.25, 0.3) is 5.91 Å². The monoisotopic (exact) mass is 312 g/mol. The number of amides is 1. The van der Waals surface area contributed by atoms with Gasteiger partial charge in [0.15, 0.2) is 5.17 Å². The van der Waals surface area contributed by atoms with Crippen LogP contribution in [-0.2, 0) is 4.79 Å². The third-order valence-electron chi connectivity index (χ3n) is 3.28. The highest BCUT2D eigenvalue weighted by Crippen LogP contribution is 2.33. The van der Waals surface area contributed by atoms with E-state index in [1.807, 2.05) is 44.2 Å². The summed E-state index contributed by atoms with van der Waals surface area (Å²) in [5.41, 5.74) is 2.03. The van der Waals surface area contributed by atoms with Gasteiger partial charge in [0, 0.05) is 12.6 Å². The lowest BCUT2D eigenvalue weighted by atomic mass is 10.2. The molecule has 1 saturated heterocycles. The molecule has 1 aliphatic rings. The minimum atomic E-state index is -0.0326. The van der Waals surface area contributed by atoms with E-state index >= 15 is 0 Å². The fourth-order valence-electron chi connectivity index (χ4n) is 2.10. The van der Waals surface area contributed by atoms with Crippen molar-refractivity contribution in [2.24, 2.45) is 4.99 Å². The number of carbonyl (C=O) groups is 1. The minimum Gasteiger partial charge on any atom is -0.465 e. The summed E-state index contributed by atoms with van der Waals surface area (Å²) in [7, 11) is 0. The summed E-state index contributed by atoms with van der Waals surface area (Å²) in [5, 5.41) is 0.703. The molecule has 1 aromatic heterocycles. The van der Waals surface area contributed by atoms with Gasteiger partial charge in [-0.1, -0.05) is 17.7 Å². The Morgan fingerprint density at radius 2 is 2.05 bits per heavy atom. The van der Waals surface area contributed by atoms with Crippen LogP contribution in [0.5, 0.6) is 0 Å². The fourth-order valence-corrected chi connectivity index (χ4v) is 3.15. The summed E-state index contributed by atoms with van der Waals surface area (Å²) < 4.78 is 5.28. The number of carbonyl (C=O) groups excluding carboxylic acids is 1. The Balaban J connectivity index is 1.91. The molecule has 1 fully saturated rings. The lowest BCUT2D eigenvalue weighted by Gasteiger charge is -2.11. The molecule has 0 bridgehead atoms. The van der Waals surface area contributed by atoms with E-state index in [9.17, 15) is 4.79 Å². The van der Waals surface area contributed by atoms with Gasteiger partial charge in [0.05, 0.1) is 16.9 Å². The molecular weight excluding hydrogens is 296 g/mol. The van der Waals surface area contributed by atoms with Crippen molar-refractivity contribution in [1.82, 2.24) is 4.90 Å². The predicted octanol–water partition coefficient (Wildman–Crippen LogP) is 4.21. The summed E-state index contributed by atoms with van der Waals surface area (Å²) in [6, 6.07) is 11.6. The number of hydrogen-bond donors (Lipinski definition) is 0. The van der Waals surface area contributed by atoms with E-state index in [-0.39, 0.29) is 5.91 Å². The third kappa shape index (κ3) is 2.99. The van der Waals surface area contributed by atoms with Crippen molar-refractivity contribution < 1.29 is 9.21 Å². The number of aliphatic imine (C=N–C) groups is 1. The molecule has 0 aliphatic carbocycles. The summed E-state index contributed by atoms with van der Waals surface area (Å²) in [4.78, 5) is 19.3. The SMILES string of the molecule is CCN1C(=O)/C(=C\c2ccco2)SC1=Nc1ccc(C)cc1. The van der Waals surface area contributed by atoms with E-state index in [0.717, 1.165) is 5.69 Å². The van der Waals surface area contributed by atoms with Crippen LogP contribution in [0.1, 0.15) is 18.2 Å². The van der Waals surface area contributed by atoms with Gasteiger partial charge in [-0.3, -0.25) is 9.69 Å². The number of hydrogen-bond acceptors (Lipinski definition) is 4. The Labute approximate surface area is 133 Å². The first-order valence-corrected chi connectivity index (χ1v) is 7.89. The largest absolute Gasteiger partial charge is 0.465 e. The van der Waals surface area contributed by atoms with Crippen LogP contribution in [0.4, 0.5) is 5.69 Å². The number of nitrogens with zero attached hydrogens (tertiary/aromatic N) is 2. The Morgan fingerprint density at radius 1 is 1.27 bits per heavy atom. The van der Waals surface area contributed by atoms with Gasteiger partial charge < -0.3 is 4.42 Å². The summed E-state index contributed by atoms with van der Waals surface area (Å²) in [5.74, 6) is 0.637. The molecule has 5 heteroatoms. The lowest BCUT2D eigenvalue weighted by molar-refractivity contribution is -0.122. The highest BCUT2D eigenvalue weighted by Gasteiger charge is 2.32. The van der Waals surface area contributed by atoms with Crippen molar-refractivity contribution in [2.75, 3.05) is 6.54 Å². The van der Waals surface area contributed by atoms with Crippen molar-refractivity contribution >= 4 is 34.6 Å². The number of likely N-dealkylation sites (N-methyl/N-ethyl adjacent to an activating group) is 1. The first kappa shape index (κ1) is 14.7. The van der Waals surface area contributed by atoms with Crippen molar-refractivity contribution in [3.63, 3.8) is 0 Å². The average Bonchev–Trinajstić information content (AvgIpc) is 3.11. The second kappa shape index (κ2) is 6.23. The maximum Gasteiger partial charge on any atom is 0.266 e. The van der Waals surface area contributed by atoms with Gasteiger partial charge >= 0.3 is 0 Å². The zero-order chi connectivity index (χ0) is 15.5. The quantitative estimate of drug-likeness (QED) is 0.797. The molecule has 112 valence electrons. The van der Waals surface area contributed by atoms with E-state index in [1.165, 1.54) is 17.3 Å². The number of aryl methyl sites for hydroxylation is 1. The van der Waals surface area contributed by atoms with Gasteiger partial charge in [0.1, 0.15) is 5.76 Å². The molecule has 0 spiro atoms. The van der Waals surface area contributed by atoms with Crippen LogP contribution < -0.4 is 0 Å². The molecule has 0 radical (unpaired) electrons. The summed E-state index contributed by atoms with van der Waals surface area (Å²) in [6.07, 6.45) is 3.35. The van der Waals surface area contributed by atoms with E-state index in [0.29, 0.717) is 22.4 Å². The van der Waals surface area contributed by atoms with Crippen molar-refractivity contribution in [3.8, 4) is 0 Å². The van der Waals surface area contributed by atoms with Crippen LogP contribution in [-0.4, -0.2) is 22.5 Å².